The van der Waals surface area contributed by atoms with E-state index in [0.29, 0.717) is 18.7 Å². The number of carbonyl (C=O) groups is 3. The molecule has 210 valence electrons. The number of urea groups is 1. The Morgan fingerprint density at radius 1 is 0.951 bits per heavy atom. The van der Waals surface area contributed by atoms with Gasteiger partial charge in [0.1, 0.15) is 24.5 Å². The second-order valence-corrected chi connectivity index (χ2v) is 10.0. The maximum absolute atomic E-state index is 14.0. The quantitative estimate of drug-likeness (QED) is 0.431. The van der Waals surface area contributed by atoms with Gasteiger partial charge in [-0.15, -0.1) is 0 Å². The monoisotopic (exact) mass is 552 g/mol. The molecule has 4 amide bonds. The summed E-state index contributed by atoms with van der Waals surface area (Å²) in [6.45, 7) is 0.344. The number of methoxy groups -OCH3 is 1. The molecule has 2 atom stereocenters. The lowest BCUT2D eigenvalue weighted by atomic mass is 9.98. The van der Waals surface area contributed by atoms with Gasteiger partial charge in [0.15, 0.2) is 0 Å². The molecule has 10 heteroatoms. The highest BCUT2D eigenvalue weighted by Gasteiger charge is 2.51. The minimum absolute atomic E-state index is 0.0998. The zero-order valence-corrected chi connectivity index (χ0v) is 22.8. The van der Waals surface area contributed by atoms with Crippen molar-refractivity contribution in [2.75, 3.05) is 26.7 Å². The van der Waals surface area contributed by atoms with E-state index in [4.69, 9.17) is 4.74 Å². The smallest absolute Gasteiger partial charge is 0.334 e. The lowest BCUT2D eigenvalue weighted by Gasteiger charge is -2.54. The molecule has 3 aromatic rings. The molecule has 0 saturated carbocycles. The molecule has 2 fully saturated rings. The van der Waals surface area contributed by atoms with Crippen molar-refractivity contribution in [1.29, 1.82) is 5.26 Å². The molecule has 0 spiro atoms. The van der Waals surface area contributed by atoms with Gasteiger partial charge in [0.25, 0.3) is 0 Å². The number of piperazine rings is 1. The average Bonchev–Trinajstić information content (AvgIpc) is 2.99. The van der Waals surface area contributed by atoms with Gasteiger partial charge in [-0.1, -0.05) is 72.8 Å². The number of amides is 4. The van der Waals surface area contributed by atoms with Crippen LogP contribution >= 0.6 is 0 Å². The highest BCUT2D eigenvalue weighted by Crippen LogP contribution is 2.29. The third-order valence-corrected chi connectivity index (χ3v) is 7.38. The average molecular weight is 553 g/mol. The molecule has 2 aliphatic rings. The van der Waals surface area contributed by atoms with Crippen molar-refractivity contribution in [3.63, 3.8) is 0 Å². The topological polar surface area (TPSA) is 109 Å². The van der Waals surface area contributed by atoms with Crippen LogP contribution in [-0.2, 0) is 29.1 Å². The first-order valence-electron chi connectivity index (χ1n) is 13.5. The van der Waals surface area contributed by atoms with Crippen LogP contribution in [-0.4, -0.2) is 76.6 Å². The molecule has 0 aliphatic carbocycles. The van der Waals surface area contributed by atoms with Gasteiger partial charge >= 0.3 is 6.03 Å². The predicted octanol–water partition coefficient (Wildman–Crippen LogP) is 2.77. The number of hydrogen-bond donors (Lipinski definition) is 1. The Kier molecular flexibility index (Phi) is 8.46. The fourth-order valence-corrected chi connectivity index (χ4v) is 5.40. The van der Waals surface area contributed by atoms with E-state index in [0.717, 1.165) is 16.7 Å². The van der Waals surface area contributed by atoms with Gasteiger partial charge in [-0.05, 0) is 28.8 Å². The number of nitrogens with one attached hydrogen (secondary N) is 1. The summed E-state index contributed by atoms with van der Waals surface area (Å²) in [6.07, 6.45) is -0.483. The fraction of sp³-hybridized carbons (Fsp3) is 0.290. The summed E-state index contributed by atoms with van der Waals surface area (Å²) >= 11 is 0. The Balaban J connectivity index is 1.48. The van der Waals surface area contributed by atoms with Crippen molar-refractivity contribution in [1.82, 2.24) is 25.1 Å². The molecule has 1 unspecified atom stereocenters. The number of hydrogen-bond acceptors (Lipinski definition) is 6. The fourth-order valence-electron chi connectivity index (χ4n) is 5.40. The van der Waals surface area contributed by atoms with E-state index in [1.165, 1.54) is 14.9 Å². The van der Waals surface area contributed by atoms with E-state index in [1.807, 2.05) is 84.9 Å². The first kappa shape index (κ1) is 27.7. The lowest BCUT2D eigenvalue weighted by Crippen LogP contribution is -2.76. The van der Waals surface area contributed by atoms with Gasteiger partial charge in [-0.2, -0.15) is 10.3 Å². The first-order valence-corrected chi connectivity index (χ1v) is 13.5. The maximum atomic E-state index is 14.0. The van der Waals surface area contributed by atoms with Gasteiger partial charge < -0.3 is 19.9 Å². The minimum atomic E-state index is -0.810. The highest BCUT2D eigenvalue weighted by atomic mass is 16.5. The van der Waals surface area contributed by atoms with Gasteiger partial charge in [-0.25, -0.2) is 9.80 Å². The molecular weight excluding hydrogens is 520 g/mol. The molecule has 41 heavy (non-hydrogen) atoms. The highest BCUT2D eigenvalue weighted by molar-refractivity contribution is 5.91. The zero-order valence-electron chi connectivity index (χ0n) is 22.8. The lowest BCUT2D eigenvalue weighted by molar-refractivity contribution is -0.189. The van der Waals surface area contributed by atoms with E-state index in [1.54, 1.807) is 12.0 Å². The Morgan fingerprint density at radius 2 is 1.61 bits per heavy atom. The maximum Gasteiger partial charge on any atom is 0.334 e. The van der Waals surface area contributed by atoms with Crippen molar-refractivity contribution in [2.24, 2.45) is 0 Å². The molecule has 0 aromatic heterocycles. The molecule has 3 aromatic carbocycles. The number of hydrazine groups is 1. The summed E-state index contributed by atoms with van der Waals surface area (Å²) < 4.78 is 5.27. The molecule has 10 nitrogen and oxygen atoms in total. The molecule has 2 aliphatic heterocycles. The van der Waals surface area contributed by atoms with E-state index < -0.39 is 18.2 Å². The van der Waals surface area contributed by atoms with Gasteiger partial charge in [0.2, 0.25) is 11.8 Å². The van der Waals surface area contributed by atoms with E-state index in [9.17, 15) is 19.6 Å². The third-order valence-electron chi connectivity index (χ3n) is 7.38. The second-order valence-electron chi connectivity index (χ2n) is 10.0. The van der Waals surface area contributed by atoms with E-state index in [2.05, 4.69) is 11.4 Å². The predicted molar refractivity (Wildman–Crippen MR) is 151 cm³/mol. The Bertz CT molecular complexity index is 1410. The van der Waals surface area contributed by atoms with Crippen LogP contribution in [0.4, 0.5) is 4.79 Å². The van der Waals surface area contributed by atoms with Crippen LogP contribution in [0.15, 0.2) is 84.9 Å². The molecule has 0 radical (unpaired) electrons. The summed E-state index contributed by atoms with van der Waals surface area (Å²) in [5.74, 6) is 0.224. The molecule has 1 N–H and O–H groups in total. The number of rotatable bonds is 8. The van der Waals surface area contributed by atoms with E-state index in [-0.39, 0.29) is 38.0 Å². The summed E-state index contributed by atoms with van der Waals surface area (Å²) in [6, 6.07) is 27.3. The van der Waals surface area contributed by atoms with E-state index >= 15 is 0 Å². The van der Waals surface area contributed by atoms with Crippen molar-refractivity contribution in [2.45, 2.75) is 31.7 Å². The molecule has 0 bridgehead atoms. The van der Waals surface area contributed by atoms with Crippen molar-refractivity contribution < 1.29 is 19.1 Å². The zero-order chi connectivity index (χ0) is 28.8. The van der Waals surface area contributed by atoms with Gasteiger partial charge in [-0.3, -0.25) is 9.59 Å². The van der Waals surface area contributed by atoms with Crippen LogP contribution in [0.5, 0.6) is 5.75 Å². The molecular formula is C31H32N6O4. The summed E-state index contributed by atoms with van der Waals surface area (Å²) in [4.78, 5) is 44.5. The van der Waals surface area contributed by atoms with Crippen LogP contribution in [0.3, 0.4) is 0 Å². The van der Waals surface area contributed by atoms with Crippen molar-refractivity contribution in [3.8, 4) is 11.8 Å². The van der Waals surface area contributed by atoms with Gasteiger partial charge in [0.05, 0.1) is 26.3 Å². The number of carbonyl (C=O) groups excluding carboxylic acids is 3. The van der Waals surface area contributed by atoms with Crippen LogP contribution in [0.1, 0.15) is 16.7 Å². The SMILES string of the molecule is COc1ccc(CN2CC3N(C(=O)CN(CC#N)N3C(=O)NCc3ccccc3)[C@@H](Cc3ccccc3)C2=O)cc1. The Morgan fingerprint density at radius 3 is 2.24 bits per heavy atom. The second kappa shape index (κ2) is 12.5. The molecule has 2 saturated heterocycles. The summed E-state index contributed by atoms with van der Waals surface area (Å²) in [5.41, 5.74) is 2.71. The van der Waals surface area contributed by atoms with Crippen LogP contribution in [0, 0.1) is 11.3 Å². The summed E-state index contributed by atoms with van der Waals surface area (Å²) in [5, 5.41) is 15.4. The largest absolute Gasteiger partial charge is 0.497 e. The third kappa shape index (κ3) is 6.15. The Labute approximate surface area is 239 Å². The normalized spacial score (nSPS) is 19.0. The number of benzene rings is 3. The van der Waals surface area contributed by atoms with Crippen LogP contribution in [0.2, 0.25) is 0 Å². The van der Waals surface area contributed by atoms with Gasteiger partial charge in [0, 0.05) is 19.5 Å². The molecule has 5 rings (SSSR count). The minimum Gasteiger partial charge on any atom is -0.497 e. The number of ether oxygens (including phenoxy) is 1. The Hall–Kier alpha value is -4.88. The number of nitrogens with zero attached hydrogens (tertiary/aromatic N) is 5. The van der Waals surface area contributed by atoms with Crippen molar-refractivity contribution in [3.05, 3.63) is 102 Å². The molecule has 2 heterocycles. The number of nitriles is 1. The standard InChI is InChI=1S/C31H32N6O4/c1-41-26-14-12-25(13-15-26)20-34-21-28-36(27(30(34)39)18-23-8-4-2-5-9-23)29(38)22-35(17-16-32)37(28)31(40)33-19-24-10-6-3-7-11-24/h2-15,27-28H,17-22H2,1H3,(H,33,40)/t27-,28?/m0/s1. The van der Waals surface area contributed by atoms with Crippen LogP contribution < -0.4 is 10.1 Å². The number of fused-ring (bicyclic) bond motifs is 1. The first-order chi connectivity index (χ1) is 20.0. The summed E-state index contributed by atoms with van der Waals surface area (Å²) in [7, 11) is 1.59. The van der Waals surface area contributed by atoms with Crippen LogP contribution in [0.25, 0.3) is 0 Å². The van der Waals surface area contributed by atoms with Crippen molar-refractivity contribution >= 4 is 17.8 Å².